The van der Waals surface area contributed by atoms with E-state index in [0.29, 0.717) is 17.7 Å². The van der Waals surface area contributed by atoms with Gasteiger partial charge in [-0.25, -0.2) is 0 Å². The van der Waals surface area contributed by atoms with Gasteiger partial charge in [-0.1, -0.05) is 60.7 Å². The third kappa shape index (κ3) is 2.47. The fourth-order valence-electron chi connectivity index (χ4n) is 3.46. The number of fused-ring (bicyclic) bond motifs is 1. The molecule has 130 valence electrons. The molecule has 4 heteroatoms. The van der Waals surface area contributed by atoms with E-state index in [-0.39, 0.29) is 5.91 Å². The highest BCUT2D eigenvalue weighted by Gasteiger charge is 2.50. The highest BCUT2D eigenvalue weighted by Crippen LogP contribution is 2.44. The molecule has 4 nitrogen and oxygen atoms in total. The first-order valence-corrected chi connectivity index (χ1v) is 8.47. The Balaban J connectivity index is 1.76. The van der Waals surface area contributed by atoms with Gasteiger partial charge in [0.25, 0.3) is 5.91 Å². The number of nitrogens with zero attached hydrogens (tertiary/aromatic N) is 1. The molecule has 4 rings (SSSR count). The Morgan fingerprint density at radius 3 is 2.27 bits per heavy atom. The van der Waals surface area contributed by atoms with Crippen LogP contribution in [0, 0.1) is 0 Å². The second-order valence-corrected chi connectivity index (χ2v) is 6.33. The van der Waals surface area contributed by atoms with Gasteiger partial charge in [-0.15, -0.1) is 0 Å². The van der Waals surface area contributed by atoms with E-state index >= 15 is 0 Å². The molecule has 0 unspecified atom stereocenters. The number of amides is 1. The van der Waals surface area contributed by atoms with Crippen LogP contribution < -0.4 is 9.64 Å². The molecule has 26 heavy (non-hydrogen) atoms. The average Bonchev–Trinajstić information content (AvgIpc) is 2.92. The van der Waals surface area contributed by atoms with Gasteiger partial charge in [-0.3, -0.25) is 4.79 Å². The van der Waals surface area contributed by atoms with Crippen LogP contribution in [-0.4, -0.2) is 18.1 Å². The van der Waals surface area contributed by atoms with E-state index in [4.69, 9.17) is 4.74 Å². The lowest BCUT2D eigenvalue weighted by atomic mass is 9.88. The van der Waals surface area contributed by atoms with Gasteiger partial charge in [0.15, 0.2) is 5.60 Å². The number of para-hydroxylation sites is 1. The van der Waals surface area contributed by atoms with E-state index in [1.807, 2.05) is 66.7 Å². The van der Waals surface area contributed by atoms with Crippen LogP contribution in [-0.2, 0) is 16.9 Å². The average molecular weight is 345 g/mol. The maximum Gasteiger partial charge on any atom is 0.268 e. The Bertz CT molecular complexity index is 937. The third-order valence-electron chi connectivity index (χ3n) is 4.83. The van der Waals surface area contributed by atoms with E-state index in [1.165, 1.54) is 0 Å². The van der Waals surface area contributed by atoms with Crippen molar-refractivity contribution in [2.45, 2.75) is 12.1 Å². The van der Waals surface area contributed by atoms with Crippen molar-refractivity contribution >= 4 is 11.6 Å². The van der Waals surface area contributed by atoms with Crippen molar-refractivity contribution in [2.24, 2.45) is 0 Å². The molecule has 1 amide bonds. The van der Waals surface area contributed by atoms with Gasteiger partial charge in [0.05, 0.1) is 19.3 Å². The summed E-state index contributed by atoms with van der Waals surface area (Å²) < 4.78 is 5.19. The van der Waals surface area contributed by atoms with Crippen LogP contribution >= 0.6 is 0 Å². The zero-order chi connectivity index (χ0) is 18.1. The van der Waals surface area contributed by atoms with E-state index in [9.17, 15) is 9.90 Å². The molecular weight excluding hydrogens is 326 g/mol. The van der Waals surface area contributed by atoms with Crippen LogP contribution in [0.15, 0.2) is 78.9 Å². The first-order valence-electron chi connectivity index (χ1n) is 8.47. The number of benzene rings is 3. The summed E-state index contributed by atoms with van der Waals surface area (Å²) in [6.07, 6.45) is 0. The van der Waals surface area contributed by atoms with Crippen LogP contribution in [0.5, 0.6) is 5.75 Å². The molecule has 1 heterocycles. The normalized spacial score (nSPS) is 18.7. The number of rotatable bonds is 4. The quantitative estimate of drug-likeness (QED) is 0.788. The van der Waals surface area contributed by atoms with Crippen molar-refractivity contribution < 1.29 is 14.6 Å². The first-order chi connectivity index (χ1) is 12.6. The van der Waals surface area contributed by atoms with Crippen molar-refractivity contribution in [3.05, 3.63) is 95.6 Å². The summed E-state index contributed by atoms with van der Waals surface area (Å²) in [6.45, 7) is 0.384. The van der Waals surface area contributed by atoms with E-state index in [2.05, 4.69) is 0 Å². The second-order valence-electron chi connectivity index (χ2n) is 6.33. The number of carbonyl (C=O) groups excluding carboxylic acids is 1. The Morgan fingerprint density at radius 2 is 1.58 bits per heavy atom. The fourth-order valence-corrected chi connectivity index (χ4v) is 3.46. The van der Waals surface area contributed by atoms with E-state index in [0.717, 1.165) is 17.0 Å². The number of methoxy groups -OCH3 is 1. The lowest BCUT2D eigenvalue weighted by Gasteiger charge is -2.23. The molecule has 0 radical (unpaired) electrons. The predicted octanol–water partition coefficient (Wildman–Crippen LogP) is 3.48. The first kappa shape index (κ1) is 16.4. The largest absolute Gasteiger partial charge is 0.497 e. The third-order valence-corrected chi connectivity index (χ3v) is 4.83. The molecule has 0 saturated heterocycles. The van der Waals surface area contributed by atoms with Crippen LogP contribution in [0.1, 0.15) is 16.7 Å². The number of anilines is 1. The van der Waals surface area contributed by atoms with Gasteiger partial charge in [0.2, 0.25) is 0 Å². The number of hydrogen-bond donors (Lipinski definition) is 1. The van der Waals surface area contributed by atoms with Gasteiger partial charge >= 0.3 is 0 Å². The molecule has 1 aliphatic heterocycles. The molecule has 0 saturated carbocycles. The molecule has 3 aromatic rings. The molecular formula is C22H19NO3. The molecule has 1 N–H and O–H groups in total. The minimum Gasteiger partial charge on any atom is -0.497 e. The minimum absolute atomic E-state index is 0.333. The molecule has 1 aliphatic rings. The minimum atomic E-state index is -1.66. The summed E-state index contributed by atoms with van der Waals surface area (Å²) >= 11 is 0. The lowest BCUT2D eigenvalue weighted by molar-refractivity contribution is -0.132. The molecule has 0 bridgehead atoms. The second kappa shape index (κ2) is 6.32. The van der Waals surface area contributed by atoms with Crippen molar-refractivity contribution in [1.29, 1.82) is 0 Å². The van der Waals surface area contributed by atoms with E-state index in [1.54, 1.807) is 24.1 Å². The van der Waals surface area contributed by atoms with E-state index < -0.39 is 5.60 Å². The number of ether oxygens (including phenoxy) is 1. The number of hydrogen-bond acceptors (Lipinski definition) is 3. The van der Waals surface area contributed by atoms with Crippen molar-refractivity contribution in [2.75, 3.05) is 12.0 Å². The number of carbonyl (C=O) groups is 1. The molecule has 0 aromatic heterocycles. The summed E-state index contributed by atoms with van der Waals surface area (Å²) in [5, 5.41) is 11.4. The summed E-state index contributed by atoms with van der Waals surface area (Å²) in [4.78, 5) is 14.9. The summed E-state index contributed by atoms with van der Waals surface area (Å²) in [7, 11) is 1.62. The topological polar surface area (TPSA) is 49.8 Å². The smallest absolute Gasteiger partial charge is 0.268 e. The van der Waals surface area contributed by atoms with Gasteiger partial charge < -0.3 is 14.7 Å². The molecule has 0 aliphatic carbocycles. The van der Waals surface area contributed by atoms with Gasteiger partial charge in [-0.05, 0) is 29.3 Å². The number of aliphatic hydroxyl groups is 1. The Morgan fingerprint density at radius 1 is 0.923 bits per heavy atom. The zero-order valence-electron chi connectivity index (χ0n) is 14.4. The summed E-state index contributed by atoms with van der Waals surface area (Å²) in [6, 6.07) is 24.1. The summed E-state index contributed by atoms with van der Waals surface area (Å²) in [5.41, 5.74) is 1.23. The Hall–Kier alpha value is -3.11. The Kier molecular flexibility index (Phi) is 3.98. The fraction of sp³-hybridized carbons (Fsp3) is 0.136. The maximum atomic E-state index is 13.3. The van der Waals surface area contributed by atoms with Crippen molar-refractivity contribution in [3.63, 3.8) is 0 Å². The van der Waals surface area contributed by atoms with Crippen LogP contribution in [0.25, 0.3) is 0 Å². The van der Waals surface area contributed by atoms with Crippen LogP contribution in [0.2, 0.25) is 0 Å². The summed E-state index contributed by atoms with van der Waals surface area (Å²) in [5.74, 6) is 0.434. The molecule has 3 aromatic carbocycles. The monoisotopic (exact) mass is 345 g/mol. The molecule has 1 atom stereocenters. The van der Waals surface area contributed by atoms with Crippen molar-refractivity contribution in [1.82, 2.24) is 0 Å². The maximum absolute atomic E-state index is 13.3. The van der Waals surface area contributed by atoms with Gasteiger partial charge in [0, 0.05) is 5.56 Å². The highest BCUT2D eigenvalue weighted by atomic mass is 16.5. The highest BCUT2D eigenvalue weighted by molar-refractivity contribution is 6.09. The lowest BCUT2D eigenvalue weighted by Crippen LogP contribution is -2.40. The molecule has 0 spiro atoms. The SMILES string of the molecule is COc1ccc(CN2C(=O)[C@](O)(c3ccccc3)c3ccccc32)cc1. The molecule has 0 fully saturated rings. The van der Waals surface area contributed by atoms with Crippen LogP contribution in [0.3, 0.4) is 0 Å². The van der Waals surface area contributed by atoms with Gasteiger partial charge in [-0.2, -0.15) is 0 Å². The Labute approximate surface area is 152 Å². The standard InChI is InChI=1S/C22H19NO3/c1-26-18-13-11-16(12-14-18)15-23-20-10-6-5-9-19(20)22(25,21(23)24)17-7-3-2-4-8-17/h2-14,25H,15H2,1H3/t22-/m0/s1. The van der Waals surface area contributed by atoms with Crippen molar-refractivity contribution in [3.8, 4) is 5.75 Å². The van der Waals surface area contributed by atoms with Gasteiger partial charge in [0.1, 0.15) is 5.75 Å². The van der Waals surface area contributed by atoms with Crippen LogP contribution in [0.4, 0.5) is 5.69 Å². The predicted molar refractivity (Wildman–Crippen MR) is 100 cm³/mol. The zero-order valence-corrected chi connectivity index (χ0v) is 14.4.